The molecule has 1 aromatic carbocycles. The number of nitrogens with two attached hydrogens (primary N) is 2. The number of phenolic OH excluding ortho intramolecular Hbond substituents is 1. The van der Waals surface area contributed by atoms with Gasteiger partial charge in [-0.25, -0.2) is 0 Å². The van der Waals surface area contributed by atoms with Crippen molar-refractivity contribution in [2.45, 2.75) is 6.54 Å². The fraction of sp³-hybridized carbons (Fsp3) is 0.250. The van der Waals surface area contributed by atoms with Gasteiger partial charge in [0.05, 0.1) is 0 Å². The Morgan fingerprint density at radius 1 is 1.43 bits per heavy atom. The molecule has 0 bridgehead atoms. The normalized spacial score (nSPS) is 10.1. The van der Waals surface area contributed by atoms with E-state index in [4.69, 9.17) is 16.9 Å². The number of nitrogens with one attached hydrogen (secondary N) is 1. The van der Waals surface area contributed by atoms with Crippen molar-refractivity contribution in [1.82, 2.24) is 4.90 Å². The molecule has 1 aromatic rings. The summed E-state index contributed by atoms with van der Waals surface area (Å²) in [5.41, 5.74) is 11.4. The van der Waals surface area contributed by atoms with Gasteiger partial charge in [0.15, 0.2) is 5.96 Å². The zero-order chi connectivity index (χ0) is 16.4. The van der Waals surface area contributed by atoms with E-state index in [9.17, 15) is 10.0 Å². The molecular formula is C12H19N7O2. The van der Waals surface area contributed by atoms with E-state index >= 15 is 0 Å². The fourth-order valence-electron chi connectivity index (χ4n) is 1.51. The molecule has 0 aliphatic heterocycles. The highest BCUT2D eigenvalue weighted by molar-refractivity contribution is 5.93. The number of rotatable bonds is 3. The fourth-order valence-corrected chi connectivity index (χ4v) is 1.51. The second-order valence-corrected chi connectivity index (χ2v) is 3.83. The summed E-state index contributed by atoms with van der Waals surface area (Å²) in [5.74, 6) is 0.102. The quantitative estimate of drug-likeness (QED) is 0.368. The molecular weight excluding hydrogens is 274 g/mol. The van der Waals surface area contributed by atoms with Crippen molar-refractivity contribution in [2.75, 3.05) is 14.1 Å². The molecule has 0 aliphatic rings. The van der Waals surface area contributed by atoms with Crippen molar-refractivity contribution in [1.29, 1.82) is 5.41 Å². The minimum absolute atomic E-state index is 0.00000798. The van der Waals surface area contributed by atoms with E-state index in [1.165, 1.54) is 12.1 Å². The van der Waals surface area contributed by atoms with Gasteiger partial charge in [-0.3, -0.25) is 4.99 Å². The largest absolute Gasteiger partial charge is 0.506 e. The number of hydrogen-bond donors (Lipinski definition) is 4. The molecule has 9 heteroatoms. The molecule has 1 rings (SSSR count). The van der Waals surface area contributed by atoms with Crippen LogP contribution in [0.3, 0.4) is 0 Å². The van der Waals surface area contributed by atoms with E-state index in [2.05, 4.69) is 21.9 Å². The second kappa shape index (κ2) is 9.02. The van der Waals surface area contributed by atoms with Crippen LogP contribution in [0, 0.1) is 10.3 Å². The average Bonchev–Trinajstić information content (AvgIpc) is 2.46. The molecule has 0 atom stereocenters. The third kappa shape index (κ3) is 5.68. The highest BCUT2D eigenvalue weighted by Crippen LogP contribution is 2.27. The number of aromatic hydroxyl groups is 1. The van der Waals surface area contributed by atoms with Crippen molar-refractivity contribution >= 4 is 24.3 Å². The predicted octanol–water partition coefficient (Wildman–Crippen LogP) is 0.747. The highest BCUT2D eigenvalue weighted by Gasteiger charge is 2.08. The first kappa shape index (κ1) is 18.0. The number of nitrogens with zero attached hydrogens (tertiary/aromatic N) is 4. The van der Waals surface area contributed by atoms with Gasteiger partial charge in [-0.05, 0) is 29.6 Å². The zero-order valence-corrected chi connectivity index (χ0v) is 11.9. The molecule has 114 valence electrons. The lowest BCUT2D eigenvalue weighted by atomic mass is 10.2. The first-order valence-electron chi connectivity index (χ1n) is 5.76. The third-order valence-corrected chi connectivity index (χ3v) is 2.33. The summed E-state index contributed by atoms with van der Waals surface area (Å²) in [6.07, 6.45) is 0. The Morgan fingerprint density at radius 2 is 2.05 bits per heavy atom. The summed E-state index contributed by atoms with van der Waals surface area (Å²) in [6.45, 7) is 2.91. The van der Waals surface area contributed by atoms with Crippen LogP contribution in [0.25, 0.3) is 0 Å². The predicted molar refractivity (Wildman–Crippen MR) is 84.0 cm³/mol. The van der Waals surface area contributed by atoms with Crippen molar-refractivity contribution in [3.8, 4) is 5.75 Å². The van der Waals surface area contributed by atoms with E-state index < -0.39 is 0 Å². The van der Waals surface area contributed by atoms with Gasteiger partial charge < -0.3 is 26.9 Å². The zero-order valence-electron chi connectivity index (χ0n) is 11.9. The van der Waals surface area contributed by atoms with E-state index in [1.54, 1.807) is 25.1 Å². The van der Waals surface area contributed by atoms with Crippen LogP contribution in [0.2, 0.25) is 0 Å². The Hall–Kier alpha value is -2.97. The monoisotopic (exact) mass is 293 g/mol. The molecule has 0 spiro atoms. The Balaban J connectivity index is 0.00000191. The number of aliphatic imine (C=N–C) groups is 2. The lowest BCUT2D eigenvalue weighted by Crippen LogP contribution is -2.30. The van der Waals surface area contributed by atoms with Gasteiger partial charge in [-0.15, -0.1) is 4.91 Å². The van der Waals surface area contributed by atoms with Gasteiger partial charge in [0.25, 0.3) is 0 Å². The Bertz CT molecular complexity index is 538. The van der Waals surface area contributed by atoms with Crippen LogP contribution >= 0.6 is 0 Å². The molecule has 9 nitrogen and oxygen atoms in total. The number of phenols is 1. The second-order valence-electron chi connectivity index (χ2n) is 3.83. The summed E-state index contributed by atoms with van der Waals surface area (Å²) < 4.78 is 0. The van der Waals surface area contributed by atoms with Crippen LogP contribution in [0.1, 0.15) is 5.56 Å². The van der Waals surface area contributed by atoms with Crippen LogP contribution < -0.4 is 11.5 Å². The van der Waals surface area contributed by atoms with E-state index in [-0.39, 0.29) is 17.4 Å². The molecule has 0 saturated heterocycles. The van der Waals surface area contributed by atoms with Gasteiger partial charge >= 0.3 is 0 Å². The average molecular weight is 293 g/mol. The maximum absolute atomic E-state index is 10.4. The Kier molecular flexibility index (Phi) is 7.74. The van der Waals surface area contributed by atoms with Crippen LogP contribution in [-0.4, -0.2) is 42.7 Å². The summed E-state index contributed by atoms with van der Waals surface area (Å²) in [6, 6.07) is 4.57. The SMILES string of the molecule is C=N.CN=C(N=C(N)N)N(C)Cc1ccc(N=O)c(O)c1. The molecule has 0 aromatic heterocycles. The standard InChI is InChI=1S/C11H16N6O2.CH3N/c1-14-11(15-10(12)13)17(2)6-7-3-4-8(16-19)9(18)5-7;1-2/h3-5,18H,6H2,1-2H3,(H4,12,13,14,15);2H,1H2. The molecule has 0 aliphatic carbocycles. The van der Waals surface area contributed by atoms with Crippen LogP contribution in [-0.2, 0) is 6.54 Å². The summed E-state index contributed by atoms with van der Waals surface area (Å²) in [5, 5.41) is 17.7. The van der Waals surface area contributed by atoms with E-state index in [0.717, 1.165) is 5.56 Å². The first-order chi connectivity index (χ1) is 9.97. The molecule has 0 heterocycles. The van der Waals surface area contributed by atoms with Crippen LogP contribution in [0.4, 0.5) is 5.69 Å². The minimum Gasteiger partial charge on any atom is -0.506 e. The summed E-state index contributed by atoms with van der Waals surface area (Å²) >= 11 is 0. The number of guanidine groups is 2. The molecule has 0 unspecified atom stereocenters. The van der Waals surface area contributed by atoms with Crippen molar-refractivity contribution in [3.05, 3.63) is 28.7 Å². The van der Waals surface area contributed by atoms with Gasteiger partial charge in [0, 0.05) is 20.6 Å². The van der Waals surface area contributed by atoms with E-state index in [1.807, 2.05) is 0 Å². The molecule has 0 radical (unpaired) electrons. The summed E-state index contributed by atoms with van der Waals surface area (Å²) in [7, 11) is 3.31. The summed E-state index contributed by atoms with van der Waals surface area (Å²) in [4.78, 5) is 19.9. The molecule has 21 heavy (non-hydrogen) atoms. The maximum Gasteiger partial charge on any atom is 0.223 e. The number of hydrogen-bond acceptors (Lipinski definition) is 5. The van der Waals surface area contributed by atoms with Crippen molar-refractivity contribution in [2.24, 2.45) is 26.6 Å². The van der Waals surface area contributed by atoms with Gasteiger partial charge in [0.2, 0.25) is 5.96 Å². The smallest absolute Gasteiger partial charge is 0.223 e. The molecule has 0 saturated carbocycles. The van der Waals surface area contributed by atoms with Gasteiger partial charge in [-0.1, -0.05) is 6.07 Å². The number of benzene rings is 1. The Labute approximate surface area is 122 Å². The lowest BCUT2D eigenvalue weighted by molar-refractivity contribution is 0.468. The van der Waals surface area contributed by atoms with Crippen LogP contribution in [0.15, 0.2) is 33.4 Å². The van der Waals surface area contributed by atoms with Gasteiger partial charge in [0.1, 0.15) is 11.4 Å². The minimum atomic E-state index is -0.169. The lowest BCUT2D eigenvalue weighted by Gasteiger charge is -2.18. The molecule has 0 fully saturated rings. The van der Waals surface area contributed by atoms with E-state index in [0.29, 0.717) is 12.5 Å². The highest BCUT2D eigenvalue weighted by atomic mass is 16.3. The third-order valence-electron chi connectivity index (χ3n) is 2.33. The topological polar surface area (TPSA) is 154 Å². The van der Waals surface area contributed by atoms with Crippen LogP contribution in [0.5, 0.6) is 5.75 Å². The molecule has 0 amide bonds. The molecule has 6 N–H and O–H groups in total. The first-order valence-corrected chi connectivity index (χ1v) is 5.76. The van der Waals surface area contributed by atoms with Crippen molar-refractivity contribution in [3.63, 3.8) is 0 Å². The number of nitroso groups, excluding NO2 is 1. The van der Waals surface area contributed by atoms with Crippen molar-refractivity contribution < 1.29 is 5.11 Å². The Morgan fingerprint density at radius 3 is 2.48 bits per heavy atom. The van der Waals surface area contributed by atoms with Gasteiger partial charge in [-0.2, -0.15) is 4.99 Å². The maximum atomic E-state index is 10.4.